The highest BCUT2D eigenvalue weighted by Gasteiger charge is 2.28. The molecule has 0 unspecified atom stereocenters. The fourth-order valence-electron chi connectivity index (χ4n) is 1.42. The van der Waals surface area contributed by atoms with Gasteiger partial charge < -0.3 is 5.73 Å². The SMILES string of the molecule is NCC1=Cc2ccc(Br)cc2S1(=O)=O. The van der Waals surface area contributed by atoms with E-state index in [-0.39, 0.29) is 11.4 Å². The molecule has 1 aliphatic heterocycles. The van der Waals surface area contributed by atoms with Gasteiger partial charge in [-0.15, -0.1) is 0 Å². The van der Waals surface area contributed by atoms with Crippen LogP contribution < -0.4 is 5.73 Å². The average molecular weight is 274 g/mol. The van der Waals surface area contributed by atoms with Gasteiger partial charge in [0.1, 0.15) is 0 Å². The first kappa shape index (κ1) is 9.89. The monoisotopic (exact) mass is 273 g/mol. The van der Waals surface area contributed by atoms with Gasteiger partial charge in [0.15, 0.2) is 0 Å². The number of rotatable bonds is 1. The Morgan fingerprint density at radius 2 is 2.07 bits per heavy atom. The van der Waals surface area contributed by atoms with Crippen LogP contribution in [0.5, 0.6) is 0 Å². The number of benzene rings is 1. The number of nitrogens with two attached hydrogens (primary N) is 1. The van der Waals surface area contributed by atoms with Crippen LogP contribution in [0.2, 0.25) is 0 Å². The molecule has 1 aromatic rings. The van der Waals surface area contributed by atoms with Crippen molar-refractivity contribution in [3.8, 4) is 0 Å². The smallest absolute Gasteiger partial charge is 0.204 e. The third-order valence-corrected chi connectivity index (χ3v) is 4.53. The summed E-state index contributed by atoms with van der Waals surface area (Å²) in [7, 11) is -3.31. The summed E-state index contributed by atoms with van der Waals surface area (Å²) in [5, 5.41) is 0. The van der Waals surface area contributed by atoms with Gasteiger partial charge in [-0.05, 0) is 23.8 Å². The number of halogens is 1. The molecule has 0 bridgehead atoms. The molecule has 2 N–H and O–H groups in total. The molecule has 14 heavy (non-hydrogen) atoms. The van der Waals surface area contributed by atoms with Gasteiger partial charge in [0.2, 0.25) is 9.84 Å². The van der Waals surface area contributed by atoms with Crippen LogP contribution in [0.15, 0.2) is 32.5 Å². The van der Waals surface area contributed by atoms with Gasteiger partial charge in [-0.25, -0.2) is 8.42 Å². The molecule has 1 heterocycles. The van der Waals surface area contributed by atoms with Crippen molar-refractivity contribution in [3.05, 3.63) is 33.1 Å². The summed E-state index contributed by atoms with van der Waals surface area (Å²) >= 11 is 3.24. The predicted octanol–water partition coefficient (Wildman–Crippen LogP) is 1.54. The number of fused-ring (bicyclic) bond motifs is 1. The topological polar surface area (TPSA) is 60.2 Å². The number of sulfone groups is 1. The molecule has 1 aromatic carbocycles. The molecule has 0 atom stereocenters. The molecule has 74 valence electrons. The van der Waals surface area contributed by atoms with Crippen LogP contribution in [-0.4, -0.2) is 15.0 Å². The summed E-state index contributed by atoms with van der Waals surface area (Å²) in [6, 6.07) is 5.17. The first-order valence-electron chi connectivity index (χ1n) is 4.01. The molecule has 0 spiro atoms. The van der Waals surface area contributed by atoms with E-state index in [9.17, 15) is 8.42 Å². The Hall–Kier alpha value is -0.650. The Bertz CT molecular complexity index is 520. The van der Waals surface area contributed by atoms with Crippen LogP contribution in [0.4, 0.5) is 0 Å². The van der Waals surface area contributed by atoms with E-state index in [4.69, 9.17) is 5.73 Å². The zero-order chi connectivity index (χ0) is 10.3. The van der Waals surface area contributed by atoms with Crippen molar-refractivity contribution in [1.82, 2.24) is 0 Å². The highest BCUT2D eigenvalue weighted by molar-refractivity contribution is 9.10. The first-order chi connectivity index (χ1) is 6.55. The maximum atomic E-state index is 11.8. The maximum Gasteiger partial charge on any atom is 0.204 e. The van der Waals surface area contributed by atoms with Crippen LogP contribution in [0.1, 0.15) is 5.56 Å². The highest BCUT2D eigenvalue weighted by Crippen LogP contribution is 2.33. The minimum atomic E-state index is -3.31. The largest absolute Gasteiger partial charge is 0.326 e. The molecular weight excluding hydrogens is 266 g/mol. The van der Waals surface area contributed by atoms with E-state index in [1.165, 1.54) is 0 Å². The summed E-state index contributed by atoms with van der Waals surface area (Å²) in [6.45, 7) is 0.0502. The lowest BCUT2D eigenvalue weighted by atomic mass is 10.2. The number of hydrogen-bond acceptors (Lipinski definition) is 3. The normalized spacial score (nSPS) is 17.7. The second-order valence-corrected chi connectivity index (χ2v) is 5.89. The fraction of sp³-hybridized carbons (Fsp3) is 0.111. The molecule has 0 saturated carbocycles. The second kappa shape index (κ2) is 3.18. The zero-order valence-corrected chi connectivity index (χ0v) is 9.60. The average Bonchev–Trinajstić information content (AvgIpc) is 2.38. The van der Waals surface area contributed by atoms with Gasteiger partial charge in [-0.3, -0.25) is 0 Å². The molecule has 0 aliphatic carbocycles. The van der Waals surface area contributed by atoms with Crippen LogP contribution >= 0.6 is 15.9 Å². The quantitative estimate of drug-likeness (QED) is 0.845. The Morgan fingerprint density at radius 1 is 1.36 bits per heavy atom. The molecule has 1 aliphatic rings. The third kappa shape index (κ3) is 1.32. The highest BCUT2D eigenvalue weighted by atomic mass is 79.9. The molecule has 0 radical (unpaired) electrons. The molecule has 0 saturated heterocycles. The van der Waals surface area contributed by atoms with E-state index in [1.807, 2.05) is 6.07 Å². The lowest BCUT2D eigenvalue weighted by molar-refractivity contribution is 0.602. The number of hydrogen-bond donors (Lipinski definition) is 1. The molecule has 3 nitrogen and oxygen atoms in total. The van der Waals surface area contributed by atoms with Crippen molar-refractivity contribution < 1.29 is 8.42 Å². The summed E-state index contributed by atoms with van der Waals surface area (Å²) in [5.41, 5.74) is 6.08. The van der Waals surface area contributed by atoms with E-state index in [1.54, 1.807) is 18.2 Å². The molecule has 0 amide bonds. The molecular formula is C9H8BrNO2S. The van der Waals surface area contributed by atoms with Gasteiger partial charge in [-0.1, -0.05) is 22.0 Å². The van der Waals surface area contributed by atoms with Crippen molar-refractivity contribution in [1.29, 1.82) is 0 Å². The van der Waals surface area contributed by atoms with E-state index >= 15 is 0 Å². The van der Waals surface area contributed by atoms with Gasteiger partial charge >= 0.3 is 0 Å². The molecule has 2 rings (SSSR count). The summed E-state index contributed by atoms with van der Waals surface area (Å²) in [5.74, 6) is 0. The van der Waals surface area contributed by atoms with E-state index in [2.05, 4.69) is 15.9 Å². The van der Waals surface area contributed by atoms with Crippen LogP contribution in [0.25, 0.3) is 6.08 Å². The Balaban J connectivity index is 2.71. The second-order valence-electron chi connectivity index (χ2n) is 3.00. The lowest BCUT2D eigenvalue weighted by Gasteiger charge is -2.00. The Kier molecular flexibility index (Phi) is 2.25. The van der Waals surface area contributed by atoms with Crippen molar-refractivity contribution >= 4 is 31.8 Å². The third-order valence-electron chi connectivity index (χ3n) is 2.13. The maximum absolute atomic E-state index is 11.8. The summed E-state index contributed by atoms with van der Waals surface area (Å²) in [6.07, 6.45) is 1.62. The van der Waals surface area contributed by atoms with E-state index in [0.29, 0.717) is 10.5 Å². The minimum Gasteiger partial charge on any atom is -0.326 e. The molecule has 0 fully saturated rings. The van der Waals surface area contributed by atoms with Crippen LogP contribution in [0.3, 0.4) is 0 Å². The van der Waals surface area contributed by atoms with E-state index < -0.39 is 9.84 Å². The van der Waals surface area contributed by atoms with Crippen LogP contribution in [-0.2, 0) is 9.84 Å². The molecule has 5 heteroatoms. The standard InChI is InChI=1S/C9H8BrNO2S/c10-7-2-1-6-3-8(5-11)14(12,13)9(6)4-7/h1-4H,5,11H2. The van der Waals surface area contributed by atoms with Gasteiger partial charge in [-0.2, -0.15) is 0 Å². The van der Waals surface area contributed by atoms with Gasteiger partial charge in [0.25, 0.3) is 0 Å². The summed E-state index contributed by atoms with van der Waals surface area (Å²) < 4.78 is 24.4. The van der Waals surface area contributed by atoms with Crippen LogP contribution in [0, 0.1) is 0 Å². The zero-order valence-electron chi connectivity index (χ0n) is 7.20. The lowest BCUT2D eigenvalue weighted by Crippen LogP contribution is -2.10. The van der Waals surface area contributed by atoms with E-state index in [0.717, 1.165) is 4.47 Å². The Labute approximate surface area is 90.7 Å². The van der Waals surface area contributed by atoms with Crippen molar-refractivity contribution in [2.75, 3.05) is 6.54 Å². The van der Waals surface area contributed by atoms with Crippen molar-refractivity contribution in [3.63, 3.8) is 0 Å². The summed E-state index contributed by atoms with van der Waals surface area (Å²) in [4.78, 5) is 0.623. The fourth-order valence-corrected chi connectivity index (χ4v) is 3.44. The van der Waals surface area contributed by atoms with Gasteiger partial charge in [0, 0.05) is 11.0 Å². The van der Waals surface area contributed by atoms with Crippen molar-refractivity contribution in [2.24, 2.45) is 5.73 Å². The Morgan fingerprint density at radius 3 is 2.71 bits per heavy atom. The minimum absolute atomic E-state index is 0.0502. The van der Waals surface area contributed by atoms with Crippen molar-refractivity contribution in [2.45, 2.75) is 4.90 Å². The first-order valence-corrected chi connectivity index (χ1v) is 6.28. The predicted molar refractivity (Wildman–Crippen MR) is 58.4 cm³/mol. The van der Waals surface area contributed by atoms with Gasteiger partial charge in [0.05, 0.1) is 9.80 Å². The molecule has 0 aromatic heterocycles.